The number of phenols is 1. The van der Waals surface area contributed by atoms with Crippen LogP contribution in [-0.2, 0) is 6.54 Å². The first-order valence-electron chi connectivity index (χ1n) is 6.79. The second kappa shape index (κ2) is 5.53. The molecule has 3 rings (SSSR count). The fraction of sp³-hybridized carbons (Fsp3) is 0.357. The molecule has 1 fully saturated rings. The highest BCUT2D eigenvalue weighted by Crippen LogP contribution is 2.14. The SMILES string of the molecule is CN(Cc1cccc(O)c1)C(=O)c1cn(C2CNC2)nn1. The van der Waals surface area contributed by atoms with Gasteiger partial charge in [-0.1, -0.05) is 17.3 Å². The number of hydrogen-bond acceptors (Lipinski definition) is 5. The number of rotatable bonds is 4. The molecule has 1 aromatic heterocycles. The van der Waals surface area contributed by atoms with E-state index in [0.717, 1.165) is 18.7 Å². The minimum absolute atomic E-state index is 0.183. The van der Waals surface area contributed by atoms with Gasteiger partial charge in [-0.05, 0) is 17.7 Å². The Labute approximate surface area is 122 Å². The average Bonchev–Trinajstić information content (AvgIpc) is 2.85. The summed E-state index contributed by atoms with van der Waals surface area (Å²) in [6, 6.07) is 7.14. The molecule has 0 spiro atoms. The molecule has 0 aliphatic carbocycles. The Morgan fingerprint density at radius 3 is 3.00 bits per heavy atom. The van der Waals surface area contributed by atoms with Crippen molar-refractivity contribution < 1.29 is 9.90 Å². The molecular weight excluding hydrogens is 270 g/mol. The molecule has 7 heteroatoms. The first-order chi connectivity index (χ1) is 10.1. The van der Waals surface area contributed by atoms with Gasteiger partial charge in [-0.15, -0.1) is 5.10 Å². The van der Waals surface area contributed by atoms with Gasteiger partial charge in [0.2, 0.25) is 0 Å². The van der Waals surface area contributed by atoms with Crippen molar-refractivity contribution in [2.45, 2.75) is 12.6 Å². The van der Waals surface area contributed by atoms with Gasteiger partial charge in [-0.2, -0.15) is 0 Å². The Hall–Kier alpha value is -2.41. The van der Waals surface area contributed by atoms with Crippen LogP contribution < -0.4 is 5.32 Å². The molecule has 110 valence electrons. The summed E-state index contributed by atoms with van der Waals surface area (Å²) in [6.07, 6.45) is 1.69. The summed E-state index contributed by atoms with van der Waals surface area (Å²) in [7, 11) is 1.70. The molecular formula is C14H17N5O2. The van der Waals surface area contributed by atoms with Crippen molar-refractivity contribution in [2.24, 2.45) is 0 Å². The first-order valence-corrected chi connectivity index (χ1v) is 6.79. The molecule has 0 saturated carbocycles. The van der Waals surface area contributed by atoms with E-state index in [4.69, 9.17) is 0 Å². The third kappa shape index (κ3) is 2.87. The minimum atomic E-state index is -0.183. The lowest BCUT2D eigenvalue weighted by Gasteiger charge is -2.26. The topological polar surface area (TPSA) is 83.3 Å². The standard InChI is InChI=1S/C14H17N5O2/c1-18(8-10-3-2-4-12(20)5-10)14(21)13-9-19(17-16-13)11-6-15-7-11/h2-5,9,11,15,20H,6-8H2,1H3. The molecule has 2 heterocycles. The number of phenolic OH excluding ortho intramolecular Hbond substituents is 1. The lowest BCUT2D eigenvalue weighted by atomic mass is 10.2. The summed E-state index contributed by atoms with van der Waals surface area (Å²) in [6.45, 7) is 2.12. The van der Waals surface area contributed by atoms with E-state index in [1.807, 2.05) is 6.07 Å². The number of aromatic hydroxyl groups is 1. The first kappa shape index (κ1) is 13.6. The number of nitrogens with one attached hydrogen (secondary N) is 1. The van der Waals surface area contributed by atoms with Crippen molar-refractivity contribution in [3.63, 3.8) is 0 Å². The maximum atomic E-state index is 12.3. The number of aromatic nitrogens is 3. The molecule has 2 N–H and O–H groups in total. The van der Waals surface area contributed by atoms with E-state index in [0.29, 0.717) is 12.2 Å². The molecule has 1 aromatic carbocycles. The Morgan fingerprint density at radius 2 is 2.33 bits per heavy atom. The van der Waals surface area contributed by atoms with Crippen LogP contribution in [0.4, 0.5) is 0 Å². The highest BCUT2D eigenvalue weighted by atomic mass is 16.3. The highest BCUT2D eigenvalue weighted by molar-refractivity contribution is 5.91. The summed E-state index contributed by atoms with van der Waals surface area (Å²) in [5, 5.41) is 20.5. The van der Waals surface area contributed by atoms with E-state index in [-0.39, 0.29) is 17.7 Å². The molecule has 1 aliphatic heterocycles. The predicted molar refractivity (Wildman–Crippen MR) is 75.8 cm³/mol. The van der Waals surface area contributed by atoms with E-state index in [1.54, 1.807) is 41.0 Å². The second-order valence-electron chi connectivity index (χ2n) is 5.23. The largest absolute Gasteiger partial charge is 0.508 e. The van der Waals surface area contributed by atoms with Gasteiger partial charge in [-0.25, -0.2) is 4.68 Å². The molecule has 0 atom stereocenters. The summed E-state index contributed by atoms with van der Waals surface area (Å²) < 4.78 is 1.73. The minimum Gasteiger partial charge on any atom is -0.508 e. The quantitative estimate of drug-likeness (QED) is 0.850. The maximum absolute atomic E-state index is 12.3. The van der Waals surface area contributed by atoms with E-state index in [1.165, 1.54) is 0 Å². The van der Waals surface area contributed by atoms with Crippen molar-refractivity contribution in [1.29, 1.82) is 0 Å². The van der Waals surface area contributed by atoms with Gasteiger partial charge in [0.15, 0.2) is 5.69 Å². The smallest absolute Gasteiger partial charge is 0.276 e. The molecule has 21 heavy (non-hydrogen) atoms. The number of benzene rings is 1. The normalized spacial score (nSPS) is 14.7. The van der Waals surface area contributed by atoms with Crippen molar-refractivity contribution in [3.8, 4) is 5.75 Å². The van der Waals surface area contributed by atoms with Crippen molar-refractivity contribution in [2.75, 3.05) is 20.1 Å². The van der Waals surface area contributed by atoms with Gasteiger partial charge in [0.1, 0.15) is 5.75 Å². The summed E-state index contributed by atoms with van der Waals surface area (Å²) >= 11 is 0. The number of carbonyl (C=O) groups excluding carboxylic acids is 1. The van der Waals surface area contributed by atoms with Crippen LogP contribution in [0.1, 0.15) is 22.1 Å². The fourth-order valence-corrected chi connectivity index (χ4v) is 2.21. The molecule has 2 aromatic rings. The van der Waals surface area contributed by atoms with Gasteiger partial charge in [0, 0.05) is 26.7 Å². The van der Waals surface area contributed by atoms with Crippen molar-refractivity contribution in [1.82, 2.24) is 25.2 Å². The van der Waals surface area contributed by atoms with Crippen LogP contribution in [-0.4, -0.2) is 51.0 Å². The third-order valence-corrected chi connectivity index (χ3v) is 3.54. The van der Waals surface area contributed by atoms with E-state index >= 15 is 0 Å². The molecule has 0 radical (unpaired) electrons. The Bertz CT molecular complexity index is 650. The summed E-state index contributed by atoms with van der Waals surface area (Å²) in [5.41, 5.74) is 1.20. The molecule has 0 bridgehead atoms. The number of nitrogens with zero attached hydrogens (tertiary/aromatic N) is 4. The monoisotopic (exact) mass is 287 g/mol. The summed E-state index contributed by atoms with van der Waals surface area (Å²) in [5.74, 6) is 0.00801. The van der Waals surface area contributed by atoms with E-state index < -0.39 is 0 Å². The fourth-order valence-electron chi connectivity index (χ4n) is 2.21. The molecule has 7 nitrogen and oxygen atoms in total. The predicted octanol–water partition coefficient (Wildman–Crippen LogP) is 0.400. The lowest BCUT2D eigenvalue weighted by Crippen LogP contribution is -2.43. The van der Waals surface area contributed by atoms with Gasteiger partial charge >= 0.3 is 0 Å². The van der Waals surface area contributed by atoms with Gasteiger partial charge < -0.3 is 15.3 Å². The third-order valence-electron chi connectivity index (χ3n) is 3.54. The molecule has 1 aliphatic rings. The van der Waals surface area contributed by atoms with Crippen LogP contribution in [0.3, 0.4) is 0 Å². The molecule has 1 saturated heterocycles. The highest BCUT2D eigenvalue weighted by Gasteiger charge is 2.22. The van der Waals surface area contributed by atoms with E-state index in [9.17, 15) is 9.90 Å². The van der Waals surface area contributed by atoms with Crippen LogP contribution in [0.2, 0.25) is 0 Å². The number of amides is 1. The zero-order valence-corrected chi connectivity index (χ0v) is 11.7. The van der Waals surface area contributed by atoms with Crippen LogP contribution in [0.15, 0.2) is 30.5 Å². The summed E-state index contributed by atoms with van der Waals surface area (Å²) in [4.78, 5) is 13.9. The zero-order valence-electron chi connectivity index (χ0n) is 11.7. The Balaban J connectivity index is 1.67. The zero-order chi connectivity index (χ0) is 14.8. The van der Waals surface area contributed by atoms with Crippen molar-refractivity contribution in [3.05, 3.63) is 41.7 Å². The average molecular weight is 287 g/mol. The molecule has 1 amide bonds. The van der Waals surface area contributed by atoms with E-state index in [2.05, 4.69) is 15.6 Å². The van der Waals surface area contributed by atoms with Gasteiger partial charge in [0.25, 0.3) is 5.91 Å². The number of carbonyl (C=O) groups is 1. The van der Waals surface area contributed by atoms with Crippen LogP contribution in [0.25, 0.3) is 0 Å². The Kier molecular flexibility index (Phi) is 3.57. The molecule has 0 unspecified atom stereocenters. The Morgan fingerprint density at radius 1 is 1.52 bits per heavy atom. The van der Waals surface area contributed by atoms with Gasteiger partial charge in [-0.3, -0.25) is 4.79 Å². The van der Waals surface area contributed by atoms with Gasteiger partial charge in [0.05, 0.1) is 12.2 Å². The lowest BCUT2D eigenvalue weighted by molar-refractivity contribution is 0.0779. The van der Waals surface area contributed by atoms with Crippen LogP contribution >= 0.6 is 0 Å². The number of hydrogen-bond donors (Lipinski definition) is 2. The maximum Gasteiger partial charge on any atom is 0.276 e. The van der Waals surface area contributed by atoms with Crippen molar-refractivity contribution >= 4 is 5.91 Å². The van der Waals surface area contributed by atoms with Crippen LogP contribution in [0.5, 0.6) is 5.75 Å². The van der Waals surface area contributed by atoms with Crippen LogP contribution in [0, 0.1) is 0 Å². The second-order valence-corrected chi connectivity index (χ2v) is 5.23.